The second kappa shape index (κ2) is 11.9. The van der Waals surface area contributed by atoms with Gasteiger partial charge < -0.3 is 24.8 Å². The zero-order valence-corrected chi connectivity index (χ0v) is 19.5. The summed E-state index contributed by atoms with van der Waals surface area (Å²) in [5.74, 6) is 0. The van der Waals surface area contributed by atoms with Crippen LogP contribution in [0.15, 0.2) is 60.2 Å². The SMILES string of the molecule is CCCC1=CC[C-]=C1.Cc1ccc2c(c1)[cH-]c1cc(C)ccc12.[Cl-].[Cl-].[Zr+4]. The van der Waals surface area contributed by atoms with Gasteiger partial charge in [-0.25, -0.2) is 11.6 Å². The van der Waals surface area contributed by atoms with E-state index in [0.29, 0.717) is 0 Å². The van der Waals surface area contributed by atoms with Crippen molar-refractivity contribution in [3.05, 3.63) is 77.4 Å². The second-order valence-electron chi connectivity index (χ2n) is 6.41. The van der Waals surface area contributed by atoms with E-state index in [1.807, 2.05) is 0 Å². The first-order valence-corrected chi connectivity index (χ1v) is 8.49. The number of halogens is 2. The summed E-state index contributed by atoms with van der Waals surface area (Å²) >= 11 is 0. The van der Waals surface area contributed by atoms with Gasteiger partial charge in [-0.1, -0.05) is 55.2 Å². The molecular weight excluding hydrogens is 438 g/mol. The molecule has 0 atom stereocenters. The number of hydrogen-bond donors (Lipinski definition) is 0. The van der Waals surface area contributed by atoms with Crippen LogP contribution in [-0.2, 0) is 26.2 Å². The van der Waals surface area contributed by atoms with Gasteiger partial charge in [-0.2, -0.15) is 6.08 Å². The summed E-state index contributed by atoms with van der Waals surface area (Å²) in [4.78, 5) is 0. The third kappa shape index (κ3) is 6.15. The predicted molar refractivity (Wildman–Crippen MR) is 102 cm³/mol. The summed E-state index contributed by atoms with van der Waals surface area (Å²) in [5, 5.41) is 5.46. The molecule has 0 unspecified atom stereocenters. The van der Waals surface area contributed by atoms with Crippen LogP contribution < -0.4 is 24.8 Å². The minimum atomic E-state index is 0. The maximum atomic E-state index is 3.14. The largest absolute Gasteiger partial charge is 4.00 e. The van der Waals surface area contributed by atoms with Crippen molar-refractivity contribution in [1.82, 2.24) is 0 Å². The van der Waals surface area contributed by atoms with Gasteiger partial charge in [-0.15, -0.1) is 46.2 Å². The Balaban J connectivity index is 0.000000497. The molecule has 0 amide bonds. The molecule has 0 N–H and O–H groups in total. The van der Waals surface area contributed by atoms with Crippen molar-refractivity contribution in [2.45, 2.75) is 40.0 Å². The van der Waals surface area contributed by atoms with Crippen LogP contribution in [0.5, 0.6) is 0 Å². The minimum absolute atomic E-state index is 0. The molecule has 0 radical (unpaired) electrons. The van der Waals surface area contributed by atoms with Crippen molar-refractivity contribution in [3.8, 4) is 0 Å². The van der Waals surface area contributed by atoms with E-state index in [1.165, 1.54) is 51.1 Å². The van der Waals surface area contributed by atoms with E-state index < -0.39 is 0 Å². The number of benzene rings is 2. The summed E-state index contributed by atoms with van der Waals surface area (Å²) in [6.45, 7) is 6.48. The Labute approximate surface area is 189 Å². The number of aryl methyl sites for hydroxylation is 2. The molecule has 3 aromatic rings. The average Bonchev–Trinajstić information content (AvgIpc) is 3.14. The van der Waals surface area contributed by atoms with Crippen molar-refractivity contribution in [3.63, 3.8) is 0 Å². The normalized spacial score (nSPS) is 11.7. The first-order valence-electron chi connectivity index (χ1n) is 8.49. The fraction of sp³-hybridized carbons (Fsp3) is 0.261. The molecule has 1 aliphatic carbocycles. The Morgan fingerprint density at radius 3 is 1.88 bits per heavy atom. The van der Waals surface area contributed by atoms with E-state index in [-0.39, 0.29) is 51.0 Å². The van der Waals surface area contributed by atoms with Crippen molar-refractivity contribution in [1.29, 1.82) is 0 Å². The van der Waals surface area contributed by atoms with Crippen LogP contribution in [0.3, 0.4) is 0 Å². The molecule has 0 bridgehead atoms. The summed E-state index contributed by atoms with van der Waals surface area (Å²) in [6, 6.07) is 15.6. The molecule has 0 nitrogen and oxygen atoms in total. The van der Waals surface area contributed by atoms with Crippen molar-refractivity contribution >= 4 is 21.5 Å². The molecule has 26 heavy (non-hydrogen) atoms. The number of rotatable bonds is 2. The molecule has 0 saturated heterocycles. The zero-order chi connectivity index (χ0) is 16.2. The quantitative estimate of drug-likeness (QED) is 0.495. The summed E-state index contributed by atoms with van der Waals surface area (Å²) in [5.41, 5.74) is 4.12. The number of fused-ring (bicyclic) bond motifs is 3. The van der Waals surface area contributed by atoms with E-state index >= 15 is 0 Å². The standard InChI is InChI=1S/C15H13.C8H11.2ClH.Zr/c1-10-3-5-14-12(7-10)9-13-8-11(2)4-6-15(13)14;1-2-5-8-6-3-4-7-8;;;/h3-9H,1-2H3;6-7H,2-3,5H2,1H3;2*1H;/q2*-1;;;+4/p-2. The molecular formula is C23H24Cl2Zr. The monoisotopic (exact) mass is 460 g/mol. The van der Waals surface area contributed by atoms with Gasteiger partial charge in [-0.05, 0) is 13.8 Å². The number of allylic oxidation sites excluding steroid dienone is 4. The molecule has 0 spiro atoms. The van der Waals surface area contributed by atoms with Crippen LogP contribution in [0, 0.1) is 19.9 Å². The summed E-state index contributed by atoms with van der Waals surface area (Å²) < 4.78 is 0. The van der Waals surface area contributed by atoms with Gasteiger partial charge in [0.05, 0.1) is 0 Å². The molecule has 1 aliphatic rings. The topological polar surface area (TPSA) is 0 Å². The molecule has 0 aromatic heterocycles. The molecule has 3 heteroatoms. The zero-order valence-electron chi connectivity index (χ0n) is 15.6. The van der Waals surface area contributed by atoms with Gasteiger partial charge in [0.1, 0.15) is 0 Å². The summed E-state index contributed by atoms with van der Waals surface area (Å²) in [7, 11) is 0. The van der Waals surface area contributed by atoms with Crippen LogP contribution in [0.1, 0.15) is 37.3 Å². The fourth-order valence-corrected chi connectivity index (χ4v) is 3.16. The van der Waals surface area contributed by atoms with Crippen molar-refractivity contribution < 1.29 is 51.0 Å². The Hall–Kier alpha value is -0.747. The minimum Gasteiger partial charge on any atom is -1.00 e. The third-order valence-corrected chi connectivity index (χ3v) is 4.32. The Morgan fingerprint density at radius 2 is 1.46 bits per heavy atom. The Morgan fingerprint density at radius 1 is 0.923 bits per heavy atom. The van der Waals surface area contributed by atoms with Gasteiger partial charge in [0.15, 0.2) is 0 Å². The maximum absolute atomic E-state index is 3.14. The van der Waals surface area contributed by atoms with Gasteiger partial charge in [-0.3, -0.25) is 6.08 Å². The van der Waals surface area contributed by atoms with Gasteiger partial charge in [0.2, 0.25) is 0 Å². The van der Waals surface area contributed by atoms with Gasteiger partial charge >= 0.3 is 26.2 Å². The molecule has 0 saturated carbocycles. The van der Waals surface area contributed by atoms with Crippen LogP contribution in [0.2, 0.25) is 0 Å². The molecule has 0 aliphatic heterocycles. The van der Waals surface area contributed by atoms with Crippen molar-refractivity contribution in [2.24, 2.45) is 0 Å². The third-order valence-electron chi connectivity index (χ3n) is 4.32. The van der Waals surface area contributed by atoms with E-state index in [2.05, 4.69) is 81.5 Å². The van der Waals surface area contributed by atoms with Gasteiger partial charge in [0.25, 0.3) is 0 Å². The van der Waals surface area contributed by atoms with Crippen LogP contribution >= 0.6 is 0 Å². The van der Waals surface area contributed by atoms with Gasteiger partial charge in [0, 0.05) is 0 Å². The van der Waals surface area contributed by atoms with E-state index in [9.17, 15) is 0 Å². The summed E-state index contributed by atoms with van der Waals surface area (Å²) in [6.07, 6.45) is 11.0. The Bertz CT molecular complexity index is 831. The molecule has 3 aromatic carbocycles. The molecule has 0 fully saturated rings. The van der Waals surface area contributed by atoms with Crippen LogP contribution in [0.4, 0.5) is 0 Å². The van der Waals surface area contributed by atoms with E-state index in [0.717, 1.165) is 6.42 Å². The fourth-order valence-electron chi connectivity index (χ4n) is 3.16. The molecule has 0 heterocycles. The number of hydrogen-bond acceptors (Lipinski definition) is 0. The predicted octanol–water partition coefficient (Wildman–Crippen LogP) is 0.810. The first kappa shape index (κ1) is 25.3. The first-order chi connectivity index (χ1) is 11.2. The van der Waals surface area contributed by atoms with E-state index in [4.69, 9.17) is 0 Å². The van der Waals surface area contributed by atoms with Crippen LogP contribution in [0.25, 0.3) is 21.5 Å². The van der Waals surface area contributed by atoms with Crippen molar-refractivity contribution in [2.75, 3.05) is 0 Å². The molecule has 4 rings (SSSR count). The molecule has 134 valence electrons. The average molecular weight is 463 g/mol. The van der Waals surface area contributed by atoms with Crippen LogP contribution in [-0.4, -0.2) is 0 Å². The maximum Gasteiger partial charge on any atom is 4.00 e. The van der Waals surface area contributed by atoms with E-state index in [1.54, 1.807) is 0 Å². The smallest absolute Gasteiger partial charge is 1.00 e. The second-order valence-corrected chi connectivity index (χ2v) is 6.41. The Kier molecular flexibility index (Phi) is 11.5.